The zero-order valence-corrected chi connectivity index (χ0v) is 21.3. The lowest BCUT2D eigenvalue weighted by Crippen LogP contribution is -2.61. The number of carbonyl (C=O) groups excluding carboxylic acids is 2. The summed E-state index contributed by atoms with van der Waals surface area (Å²) in [6.45, 7) is 7.94. The van der Waals surface area contributed by atoms with Crippen molar-refractivity contribution in [3.05, 3.63) is 59.7 Å². The van der Waals surface area contributed by atoms with Crippen molar-refractivity contribution in [2.75, 3.05) is 13.2 Å². The molecule has 4 rings (SSSR count). The highest BCUT2D eigenvalue weighted by molar-refractivity contribution is 5.85. The van der Waals surface area contributed by atoms with E-state index < -0.39 is 35.7 Å². The van der Waals surface area contributed by atoms with Crippen molar-refractivity contribution in [3.8, 4) is 11.1 Å². The number of carboxylic acid groups (broad SMARTS) is 1. The fourth-order valence-corrected chi connectivity index (χ4v) is 5.40. The number of likely N-dealkylation sites (tertiary alicyclic amines) is 1. The van der Waals surface area contributed by atoms with Crippen molar-refractivity contribution < 1.29 is 24.2 Å². The maximum absolute atomic E-state index is 13.2. The number of hydrogen-bond acceptors (Lipinski definition) is 5. The number of amides is 2. The summed E-state index contributed by atoms with van der Waals surface area (Å²) in [6.07, 6.45) is 0.504. The number of carbonyl (C=O) groups is 3. The molecular formula is C28H35N3O5. The number of benzene rings is 2. The molecule has 3 N–H and O–H groups in total. The molecule has 3 atom stereocenters. The van der Waals surface area contributed by atoms with Crippen molar-refractivity contribution in [2.24, 2.45) is 0 Å². The molecule has 2 aromatic carbocycles. The van der Waals surface area contributed by atoms with E-state index in [1.807, 2.05) is 45.0 Å². The standard InChI is InChI=1S/C28H35N3O5/c1-17(24(25(32)30-28(2,3)4)31-15-9-14-23(31)26(33)34)29-27(35)36-16-22-20-12-7-5-10-18(20)19-11-6-8-13-21(19)22/h5-8,10-13,17,22-24H,9,14-16H2,1-4H3,(H,29,35)(H,30,32)(H,33,34)/t17-,23-,24-/m0/s1. The number of aliphatic carboxylic acids is 1. The van der Waals surface area contributed by atoms with Gasteiger partial charge in [0.1, 0.15) is 18.7 Å². The summed E-state index contributed by atoms with van der Waals surface area (Å²) < 4.78 is 5.66. The molecule has 192 valence electrons. The Morgan fingerprint density at radius 1 is 1.06 bits per heavy atom. The van der Waals surface area contributed by atoms with Crippen LogP contribution in [0.5, 0.6) is 0 Å². The van der Waals surface area contributed by atoms with E-state index in [2.05, 4.69) is 34.9 Å². The van der Waals surface area contributed by atoms with Crippen LogP contribution in [0.25, 0.3) is 11.1 Å². The lowest BCUT2D eigenvalue weighted by molar-refractivity contribution is -0.144. The second kappa shape index (κ2) is 10.3. The Morgan fingerprint density at radius 2 is 1.64 bits per heavy atom. The van der Waals surface area contributed by atoms with Crippen LogP contribution in [-0.4, -0.2) is 64.8 Å². The summed E-state index contributed by atoms with van der Waals surface area (Å²) in [6, 6.07) is 13.9. The normalized spacial score (nSPS) is 19.2. The van der Waals surface area contributed by atoms with E-state index >= 15 is 0 Å². The van der Waals surface area contributed by atoms with Gasteiger partial charge in [-0.05, 0) is 69.3 Å². The van der Waals surface area contributed by atoms with Crippen LogP contribution in [-0.2, 0) is 14.3 Å². The average molecular weight is 494 g/mol. The Hall–Kier alpha value is -3.39. The predicted octanol–water partition coefficient (Wildman–Crippen LogP) is 3.75. The molecule has 0 unspecified atom stereocenters. The summed E-state index contributed by atoms with van der Waals surface area (Å²) in [5.41, 5.74) is 4.01. The van der Waals surface area contributed by atoms with Crippen LogP contribution in [0.15, 0.2) is 48.5 Å². The van der Waals surface area contributed by atoms with E-state index in [4.69, 9.17) is 4.74 Å². The third kappa shape index (κ3) is 5.38. The van der Waals surface area contributed by atoms with Gasteiger partial charge in [-0.3, -0.25) is 14.5 Å². The second-order valence-electron chi connectivity index (χ2n) is 10.7. The number of fused-ring (bicyclic) bond motifs is 3. The van der Waals surface area contributed by atoms with Crippen LogP contribution in [0.4, 0.5) is 4.79 Å². The molecule has 1 saturated heterocycles. The smallest absolute Gasteiger partial charge is 0.407 e. The fraction of sp³-hybridized carbons (Fsp3) is 0.464. The molecule has 0 spiro atoms. The SMILES string of the molecule is C[C@H](NC(=O)OCC1c2ccccc2-c2ccccc21)[C@@H](C(=O)NC(C)(C)C)N1CCC[C@H]1C(=O)O. The monoisotopic (exact) mass is 493 g/mol. The molecule has 8 heteroatoms. The molecule has 0 saturated carbocycles. The van der Waals surface area contributed by atoms with Crippen LogP contribution in [0.3, 0.4) is 0 Å². The van der Waals surface area contributed by atoms with Gasteiger partial charge in [0.2, 0.25) is 5.91 Å². The Kier molecular flexibility index (Phi) is 7.36. The first-order valence-corrected chi connectivity index (χ1v) is 12.5. The maximum atomic E-state index is 13.2. The zero-order valence-electron chi connectivity index (χ0n) is 21.3. The van der Waals surface area contributed by atoms with Gasteiger partial charge in [0, 0.05) is 11.5 Å². The Morgan fingerprint density at radius 3 is 2.19 bits per heavy atom. The van der Waals surface area contributed by atoms with Gasteiger partial charge >= 0.3 is 12.1 Å². The first-order valence-electron chi connectivity index (χ1n) is 12.5. The van der Waals surface area contributed by atoms with E-state index in [1.165, 1.54) is 0 Å². The van der Waals surface area contributed by atoms with Crippen molar-refractivity contribution in [2.45, 2.75) is 70.1 Å². The van der Waals surface area contributed by atoms with Gasteiger partial charge in [0.15, 0.2) is 0 Å². The maximum Gasteiger partial charge on any atom is 0.407 e. The molecule has 0 bridgehead atoms. The summed E-state index contributed by atoms with van der Waals surface area (Å²) in [7, 11) is 0. The van der Waals surface area contributed by atoms with E-state index in [0.717, 1.165) is 22.3 Å². The van der Waals surface area contributed by atoms with Crippen LogP contribution in [0.2, 0.25) is 0 Å². The second-order valence-corrected chi connectivity index (χ2v) is 10.7. The lowest BCUT2D eigenvalue weighted by Gasteiger charge is -2.36. The largest absolute Gasteiger partial charge is 0.480 e. The van der Waals surface area contributed by atoms with Gasteiger partial charge in [-0.1, -0.05) is 48.5 Å². The number of nitrogens with one attached hydrogen (secondary N) is 2. The molecule has 1 fully saturated rings. The van der Waals surface area contributed by atoms with E-state index in [-0.39, 0.29) is 18.4 Å². The zero-order chi connectivity index (χ0) is 26.0. The Labute approximate surface area is 212 Å². The summed E-state index contributed by atoms with van der Waals surface area (Å²) in [5, 5.41) is 15.4. The van der Waals surface area contributed by atoms with E-state index in [1.54, 1.807) is 11.8 Å². The molecule has 2 aromatic rings. The number of hydrogen-bond donors (Lipinski definition) is 3. The number of carboxylic acids is 1. The third-order valence-corrected chi connectivity index (χ3v) is 6.87. The highest BCUT2D eigenvalue weighted by Crippen LogP contribution is 2.44. The number of ether oxygens (including phenoxy) is 1. The summed E-state index contributed by atoms with van der Waals surface area (Å²) in [4.78, 5) is 39.6. The van der Waals surface area contributed by atoms with Crippen LogP contribution in [0, 0.1) is 0 Å². The quantitative estimate of drug-likeness (QED) is 0.542. The lowest BCUT2D eigenvalue weighted by atomic mass is 9.98. The topological polar surface area (TPSA) is 108 Å². The summed E-state index contributed by atoms with van der Waals surface area (Å²) >= 11 is 0. The van der Waals surface area contributed by atoms with Crippen molar-refractivity contribution in [1.82, 2.24) is 15.5 Å². The van der Waals surface area contributed by atoms with Crippen LogP contribution >= 0.6 is 0 Å². The van der Waals surface area contributed by atoms with Gasteiger partial charge in [-0.25, -0.2) is 4.79 Å². The first-order chi connectivity index (χ1) is 17.1. The minimum atomic E-state index is -0.964. The average Bonchev–Trinajstić information content (AvgIpc) is 3.40. The van der Waals surface area contributed by atoms with Crippen LogP contribution in [0.1, 0.15) is 57.6 Å². The molecule has 1 aliphatic carbocycles. The minimum Gasteiger partial charge on any atom is -0.480 e. The van der Waals surface area contributed by atoms with Gasteiger partial charge in [0.25, 0.3) is 0 Å². The van der Waals surface area contributed by atoms with Gasteiger partial charge in [-0.15, -0.1) is 0 Å². The predicted molar refractivity (Wildman–Crippen MR) is 137 cm³/mol. The number of nitrogens with zero attached hydrogens (tertiary/aromatic N) is 1. The Balaban J connectivity index is 1.46. The van der Waals surface area contributed by atoms with Gasteiger partial charge < -0.3 is 20.5 Å². The fourth-order valence-electron chi connectivity index (χ4n) is 5.40. The van der Waals surface area contributed by atoms with Crippen molar-refractivity contribution in [1.29, 1.82) is 0 Å². The molecule has 0 aromatic heterocycles. The molecule has 8 nitrogen and oxygen atoms in total. The molecule has 1 aliphatic heterocycles. The minimum absolute atomic E-state index is 0.0755. The van der Waals surface area contributed by atoms with Gasteiger partial charge in [0.05, 0.1) is 6.04 Å². The summed E-state index contributed by atoms with van der Waals surface area (Å²) in [5.74, 6) is -1.36. The molecular weight excluding hydrogens is 458 g/mol. The molecule has 2 aliphatic rings. The number of alkyl carbamates (subject to hydrolysis) is 1. The highest BCUT2D eigenvalue weighted by Gasteiger charge is 2.42. The molecule has 1 heterocycles. The van der Waals surface area contributed by atoms with Gasteiger partial charge in [-0.2, -0.15) is 0 Å². The number of rotatable bonds is 7. The van der Waals surface area contributed by atoms with Crippen molar-refractivity contribution in [3.63, 3.8) is 0 Å². The van der Waals surface area contributed by atoms with E-state index in [0.29, 0.717) is 19.4 Å². The van der Waals surface area contributed by atoms with Crippen molar-refractivity contribution >= 4 is 18.0 Å². The first kappa shape index (κ1) is 25.7. The van der Waals surface area contributed by atoms with E-state index in [9.17, 15) is 19.5 Å². The Bertz CT molecular complexity index is 1100. The molecule has 2 amide bonds. The molecule has 0 radical (unpaired) electrons. The molecule has 36 heavy (non-hydrogen) atoms. The third-order valence-electron chi connectivity index (χ3n) is 6.87. The highest BCUT2D eigenvalue weighted by atomic mass is 16.5. The van der Waals surface area contributed by atoms with Crippen LogP contribution < -0.4 is 10.6 Å².